The van der Waals surface area contributed by atoms with Crippen molar-refractivity contribution >= 4 is 16.8 Å². The Morgan fingerprint density at radius 1 is 1.20 bits per heavy atom. The van der Waals surface area contributed by atoms with Crippen molar-refractivity contribution < 1.29 is 9.18 Å². The van der Waals surface area contributed by atoms with Crippen molar-refractivity contribution in [3.05, 3.63) is 40.7 Å². The third kappa shape index (κ3) is 3.05. The molecular weight excluding hydrogens is 321 g/mol. The summed E-state index contributed by atoms with van der Waals surface area (Å²) in [5, 5.41) is 0.212. The van der Waals surface area contributed by atoms with Gasteiger partial charge in [-0.15, -0.1) is 0 Å². The van der Waals surface area contributed by atoms with Gasteiger partial charge in [0.2, 0.25) is 5.91 Å². The second-order valence-corrected chi connectivity index (χ2v) is 7.18. The molecule has 1 saturated heterocycles. The van der Waals surface area contributed by atoms with Gasteiger partial charge in [0.05, 0.1) is 17.2 Å². The highest BCUT2D eigenvalue weighted by molar-refractivity contribution is 5.79. The molecule has 1 amide bonds. The average molecular weight is 343 g/mol. The van der Waals surface area contributed by atoms with E-state index in [-0.39, 0.29) is 23.4 Å². The van der Waals surface area contributed by atoms with Crippen LogP contribution in [0.2, 0.25) is 0 Å². The molecule has 1 aliphatic carbocycles. The molecule has 0 N–H and O–H groups in total. The molecule has 0 bridgehead atoms. The van der Waals surface area contributed by atoms with Gasteiger partial charge >= 0.3 is 0 Å². The van der Waals surface area contributed by atoms with Gasteiger partial charge in [-0.3, -0.25) is 14.2 Å². The second kappa shape index (κ2) is 6.58. The van der Waals surface area contributed by atoms with Crippen LogP contribution in [-0.4, -0.2) is 32.9 Å². The first-order chi connectivity index (χ1) is 12.1. The quantitative estimate of drug-likeness (QED) is 0.861. The molecule has 2 fully saturated rings. The fourth-order valence-corrected chi connectivity index (χ4v) is 4.41. The number of nitrogens with zero attached hydrogens (tertiary/aromatic N) is 3. The van der Waals surface area contributed by atoms with E-state index in [1.807, 2.05) is 4.90 Å². The highest BCUT2D eigenvalue weighted by Gasteiger charge is 2.35. The predicted molar refractivity (Wildman–Crippen MR) is 92.7 cm³/mol. The lowest BCUT2D eigenvalue weighted by molar-refractivity contribution is -0.133. The number of carbonyl (C=O) groups excluding carboxylic acids is 1. The molecule has 0 spiro atoms. The summed E-state index contributed by atoms with van der Waals surface area (Å²) >= 11 is 0. The van der Waals surface area contributed by atoms with Gasteiger partial charge < -0.3 is 4.90 Å². The van der Waals surface area contributed by atoms with E-state index in [0.717, 1.165) is 19.4 Å². The van der Waals surface area contributed by atoms with E-state index in [0.29, 0.717) is 17.5 Å². The molecule has 2 aliphatic rings. The minimum atomic E-state index is -0.476. The van der Waals surface area contributed by atoms with Crippen LogP contribution in [0.3, 0.4) is 0 Å². The lowest BCUT2D eigenvalue weighted by atomic mass is 9.96. The summed E-state index contributed by atoms with van der Waals surface area (Å²) in [5.41, 5.74) is 0.0783. The monoisotopic (exact) mass is 343 g/mol. The molecule has 2 aromatic rings. The van der Waals surface area contributed by atoms with Gasteiger partial charge in [-0.25, -0.2) is 9.37 Å². The zero-order valence-electron chi connectivity index (χ0n) is 14.2. The second-order valence-electron chi connectivity index (χ2n) is 7.18. The fraction of sp³-hybridized carbons (Fsp3) is 0.526. The maximum absolute atomic E-state index is 13.4. The number of halogens is 1. The van der Waals surface area contributed by atoms with E-state index in [1.165, 1.54) is 54.8 Å². The van der Waals surface area contributed by atoms with Gasteiger partial charge in [-0.2, -0.15) is 0 Å². The van der Waals surface area contributed by atoms with Crippen LogP contribution in [0.5, 0.6) is 0 Å². The molecule has 0 unspecified atom stereocenters. The smallest absolute Gasteiger partial charge is 0.261 e. The fourth-order valence-electron chi connectivity index (χ4n) is 4.41. The Hall–Kier alpha value is -2.24. The molecule has 6 heteroatoms. The lowest BCUT2D eigenvalue weighted by Crippen LogP contribution is -2.42. The molecule has 4 rings (SSSR count). The maximum atomic E-state index is 13.4. The summed E-state index contributed by atoms with van der Waals surface area (Å²) in [7, 11) is 0. The number of likely N-dealkylation sites (tertiary alicyclic amines) is 1. The number of rotatable bonds is 3. The topological polar surface area (TPSA) is 55.2 Å². The summed E-state index contributed by atoms with van der Waals surface area (Å²) in [6.45, 7) is 0.742. The van der Waals surface area contributed by atoms with Crippen LogP contribution in [0.15, 0.2) is 29.3 Å². The summed E-state index contributed by atoms with van der Waals surface area (Å²) < 4.78 is 14.7. The summed E-state index contributed by atoms with van der Waals surface area (Å²) in [5.74, 6) is 0.0948. The summed E-state index contributed by atoms with van der Waals surface area (Å²) in [4.78, 5) is 31.5. The van der Waals surface area contributed by atoms with Crippen LogP contribution < -0.4 is 5.56 Å². The van der Waals surface area contributed by atoms with Gasteiger partial charge in [0.1, 0.15) is 12.4 Å². The zero-order valence-corrected chi connectivity index (χ0v) is 14.2. The van der Waals surface area contributed by atoms with Crippen LogP contribution in [0, 0.1) is 11.7 Å². The predicted octanol–water partition coefficient (Wildman–Crippen LogP) is 2.72. The van der Waals surface area contributed by atoms with E-state index in [1.54, 1.807) is 0 Å². The van der Waals surface area contributed by atoms with Gasteiger partial charge in [0.25, 0.3) is 5.56 Å². The van der Waals surface area contributed by atoms with Crippen LogP contribution in [0.25, 0.3) is 10.9 Å². The molecule has 1 aromatic carbocycles. The molecule has 1 saturated carbocycles. The minimum Gasteiger partial charge on any atom is -0.338 e. The molecular formula is C19H22FN3O2. The standard InChI is InChI=1S/C19H22FN3O2/c20-14-7-8-16-15(10-14)19(25)22(12-21-16)11-18(24)23-9-3-6-17(23)13-4-1-2-5-13/h7-8,10,12-13,17H,1-6,9,11H2/t17-/m0/s1. The first-order valence-corrected chi connectivity index (χ1v) is 9.07. The number of carbonyl (C=O) groups is 1. The average Bonchev–Trinajstić information content (AvgIpc) is 3.28. The van der Waals surface area contributed by atoms with Crippen molar-refractivity contribution in [3.63, 3.8) is 0 Å². The molecule has 2 heterocycles. The summed E-state index contributed by atoms with van der Waals surface area (Å²) in [6, 6.07) is 4.26. The summed E-state index contributed by atoms with van der Waals surface area (Å²) in [6.07, 6.45) is 8.39. The third-order valence-electron chi connectivity index (χ3n) is 5.66. The Balaban J connectivity index is 1.57. The highest BCUT2D eigenvalue weighted by Crippen LogP contribution is 2.35. The number of amides is 1. The molecule has 1 aromatic heterocycles. The lowest BCUT2D eigenvalue weighted by Gasteiger charge is -2.29. The maximum Gasteiger partial charge on any atom is 0.261 e. The van der Waals surface area contributed by atoms with Crippen molar-refractivity contribution in [2.24, 2.45) is 5.92 Å². The van der Waals surface area contributed by atoms with Crippen LogP contribution in [0.1, 0.15) is 38.5 Å². The Bertz CT molecular complexity index is 857. The molecule has 1 atom stereocenters. The van der Waals surface area contributed by atoms with E-state index in [4.69, 9.17) is 0 Å². The van der Waals surface area contributed by atoms with Crippen molar-refractivity contribution in [3.8, 4) is 0 Å². The van der Waals surface area contributed by atoms with Gasteiger partial charge in [-0.05, 0) is 49.8 Å². The zero-order chi connectivity index (χ0) is 17.4. The number of fused-ring (bicyclic) bond motifs is 1. The van der Waals surface area contributed by atoms with E-state index < -0.39 is 5.82 Å². The number of benzene rings is 1. The third-order valence-corrected chi connectivity index (χ3v) is 5.66. The Labute approximate surface area is 145 Å². The van der Waals surface area contributed by atoms with Gasteiger partial charge in [-0.1, -0.05) is 12.8 Å². The van der Waals surface area contributed by atoms with Crippen molar-refractivity contribution in [1.82, 2.24) is 14.5 Å². The van der Waals surface area contributed by atoms with Crippen LogP contribution in [0.4, 0.5) is 4.39 Å². The Morgan fingerprint density at radius 3 is 2.80 bits per heavy atom. The van der Waals surface area contributed by atoms with Crippen molar-refractivity contribution in [2.75, 3.05) is 6.54 Å². The van der Waals surface area contributed by atoms with E-state index in [9.17, 15) is 14.0 Å². The van der Waals surface area contributed by atoms with Crippen molar-refractivity contribution in [2.45, 2.75) is 51.1 Å². The number of hydrogen-bond donors (Lipinski definition) is 0. The Kier molecular flexibility index (Phi) is 4.27. The molecule has 132 valence electrons. The van der Waals surface area contributed by atoms with Crippen molar-refractivity contribution in [1.29, 1.82) is 0 Å². The number of hydrogen-bond acceptors (Lipinski definition) is 3. The molecule has 1 aliphatic heterocycles. The molecule has 25 heavy (non-hydrogen) atoms. The highest BCUT2D eigenvalue weighted by atomic mass is 19.1. The molecule has 0 radical (unpaired) electrons. The van der Waals surface area contributed by atoms with Gasteiger partial charge in [0.15, 0.2) is 0 Å². The van der Waals surface area contributed by atoms with Gasteiger partial charge in [0, 0.05) is 12.6 Å². The Morgan fingerprint density at radius 2 is 2.00 bits per heavy atom. The van der Waals surface area contributed by atoms with Crippen LogP contribution >= 0.6 is 0 Å². The number of aromatic nitrogens is 2. The molecule has 5 nitrogen and oxygen atoms in total. The normalized spacial score (nSPS) is 21.3. The first-order valence-electron chi connectivity index (χ1n) is 9.07. The SMILES string of the molecule is O=C(Cn1cnc2ccc(F)cc2c1=O)N1CCC[C@H]1C1CCCC1. The van der Waals surface area contributed by atoms with Crippen LogP contribution in [-0.2, 0) is 11.3 Å². The largest absolute Gasteiger partial charge is 0.338 e. The minimum absolute atomic E-state index is 0.0263. The first kappa shape index (κ1) is 16.2. The van der Waals surface area contributed by atoms with E-state index in [2.05, 4.69) is 4.98 Å². The van der Waals surface area contributed by atoms with E-state index >= 15 is 0 Å².